The summed E-state index contributed by atoms with van der Waals surface area (Å²) in [4.78, 5) is 25.2. The number of urea groups is 1. The van der Waals surface area contributed by atoms with E-state index >= 15 is 0 Å². The Bertz CT molecular complexity index is 1280. The molecular formula is C30H33N3O6. The lowest BCUT2D eigenvalue weighted by Crippen LogP contribution is -2.47. The van der Waals surface area contributed by atoms with E-state index in [-0.39, 0.29) is 43.1 Å². The predicted molar refractivity (Wildman–Crippen MR) is 147 cm³/mol. The standard InChI is InChI=1S/C30H33N3O6/c1-37-22-10-7-20(8-11-22)32-30(36)33-21-9-12-26-24(15-21)25-16-23(38-27(18-34)29(25)39-26)17-28(35)31-14-13-19-5-3-2-4-6-19/h2-12,15,23,25,27,29,34H,13-14,16-18H2,1H3,(H,31,35)(H2,32,33,36)/t23-,25-,27+,29+/m0/s1. The van der Waals surface area contributed by atoms with Crippen molar-refractivity contribution in [1.29, 1.82) is 0 Å². The van der Waals surface area contributed by atoms with Crippen molar-refractivity contribution >= 4 is 23.3 Å². The number of ether oxygens (including phenoxy) is 3. The van der Waals surface area contributed by atoms with Gasteiger partial charge in [0.25, 0.3) is 0 Å². The van der Waals surface area contributed by atoms with E-state index in [1.165, 1.54) is 0 Å². The first-order valence-corrected chi connectivity index (χ1v) is 13.1. The third kappa shape index (κ3) is 6.50. The van der Waals surface area contributed by atoms with Crippen LogP contribution in [0.25, 0.3) is 0 Å². The molecule has 0 saturated carbocycles. The van der Waals surface area contributed by atoms with Crippen molar-refractivity contribution < 1.29 is 28.9 Å². The molecule has 0 unspecified atom stereocenters. The fraction of sp³-hybridized carbons (Fsp3) is 0.333. The average molecular weight is 532 g/mol. The molecule has 0 bridgehead atoms. The van der Waals surface area contributed by atoms with Crippen molar-refractivity contribution in [1.82, 2.24) is 5.32 Å². The van der Waals surface area contributed by atoms with Crippen LogP contribution in [-0.2, 0) is 16.0 Å². The molecule has 2 heterocycles. The van der Waals surface area contributed by atoms with Crippen molar-refractivity contribution in [2.75, 3.05) is 30.9 Å². The Hall–Kier alpha value is -4.08. The van der Waals surface area contributed by atoms with Crippen LogP contribution in [0.2, 0.25) is 0 Å². The van der Waals surface area contributed by atoms with Gasteiger partial charge >= 0.3 is 6.03 Å². The number of amides is 3. The Kier molecular flexibility index (Phi) is 8.29. The number of anilines is 2. The van der Waals surface area contributed by atoms with Crippen LogP contribution in [0.4, 0.5) is 16.2 Å². The van der Waals surface area contributed by atoms with Gasteiger partial charge in [-0.3, -0.25) is 4.79 Å². The Morgan fingerprint density at radius 3 is 2.49 bits per heavy atom. The second kappa shape index (κ2) is 12.2. The highest BCUT2D eigenvalue weighted by Crippen LogP contribution is 2.47. The summed E-state index contributed by atoms with van der Waals surface area (Å²) in [6.07, 6.45) is 0.266. The number of fused-ring (bicyclic) bond motifs is 3. The summed E-state index contributed by atoms with van der Waals surface area (Å²) in [5.74, 6) is 1.24. The van der Waals surface area contributed by atoms with Crippen LogP contribution in [0, 0.1) is 0 Å². The Labute approximate surface area is 227 Å². The number of hydrogen-bond donors (Lipinski definition) is 4. The van der Waals surface area contributed by atoms with Crippen molar-refractivity contribution in [2.24, 2.45) is 0 Å². The number of carbonyl (C=O) groups is 2. The maximum absolute atomic E-state index is 12.6. The Morgan fingerprint density at radius 1 is 1.00 bits per heavy atom. The van der Waals surface area contributed by atoms with Gasteiger partial charge in [0.15, 0.2) is 0 Å². The summed E-state index contributed by atoms with van der Waals surface area (Å²) < 4.78 is 17.3. The van der Waals surface area contributed by atoms with Gasteiger partial charge in [0, 0.05) is 29.4 Å². The van der Waals surface area contributed by atoms with Crippen LogP contribution in [0.3, 0.4) is 0 Å². The second-order valence-electron chi connectivity index (χ2n) is 9.75. The molecule has 0 radical (unpaired) electrons. The van der Waals surface area contributed by atoms with Gasteiger partial charge in [0.05, 0.1) is 26.2 Å². The van der Waals surface area contributed by atoms with Crippen LogP contribution < -0.4 is 25.4 Å². The summed E-state index contributed by atoms with van der Waals surface area (Å²) in [5.41, 5.74) is 3.35. The molecule has 2 aliphatic heterocycles. The number of nitrogens with one attached hydrogen (secondary N) is 3. The summed E-state index contributed by atoms with van der Waals surface area (Å²) in [6, 6.07) is 22.2. The van der Waals surface area contributed by atoms with Crippen molar-refractivity contribution in [3.8, 4) is 11.5 Å². The van der Waals surface area contributed by atoms with E-state index < -0.39 is 6.10 Å². The van der Waals surface area contributed by atoms with Crippen LogP contribution >= 0.6 is 0 Å². The van der Waals surface area contributed by atoms with E-state index in [9.17, 15) is 14.7 Å². The molecule has 1 saturated heterocycles. The Morgan fingerprint density at radius 2 is 1.74 bits per heavy atom. The molecule has 4 N–H and O–H groups in total. The highest BCUT2D eigenvalue weighted by Gasteiger charge is 2.46. The monoisotopic (exact) mass is 531 g/mol. The largest absolute Gasteiger partial charge is 0.497 e. The van der Waals surface area contributed by atoms with Crippen LogP contribution in [0.15, 0.2) is 72.8 Å². The minimum Gasteiger partial charge on any atom is -0.497 e. The van der Waals surface area contributed by atoms with E-state index in [1.807, 2.05) is 42.5 Å². The van der Waals surface area contributed by atoms with Gasteiger partial charge in [-0.05, 0) is 60.9 Å². The number of methoxy groups -OCH3 is 1. The van der Waals surface area contributed by atoms with Gasteiger partial charge < -0.3 is 35.3 Å². The number of benzene rings is 3. The number of aliphatic hydroxyl groups is 1. The van der Waals surface area contributed by atoms with E-state index in [2.05, 4.69) is 16.0 Å². The van der Waals surface area contributed by atoms with Gasteiger partial charge in [0.1, 0.15) is 23.7 Å². The maximum atomic E-state index is 12.6. The zero-order valence-electron chi connectivity index (χ0n) is 21.8. The number of carbonyl (C=O) groups excluding carboxylic acids is 2. The van der Waals surface area contributed by atoms with Crippen molar-refractivity contribution in [2.45, 2.75) is 43.5 Å². The fourth-order valence-electron chi connectivity index (χ4n) is 5.20. The van der Waals surface area contributed by atoms with E-state index in [4.69, 9.17) is 14.2 Å². The van der Waals surface area contributed by atoms with Crippen LogP contribution in [-0.4, -0.2) is 55.6 Å². The molecule has 39 heavy (non-hydrogen) atoms. The lowest BCUT2D eigenvalue weighted by atomic mass is 9.84. The molecular weight excluding hydrogens is 498 g/mol. The van der Waals surface area contributed by atoms with Gasteiger partial charge in [-0.1, -0.05) is 30.3 Å². The van der Waals surface area contributed by atoms with Gasteiger partial charge in [0.2, 0.25) is 5.91 Å². The normalized spacial score (nSPS) is 21.2. The van der Waals surface area contributed by atoms with Crippen LogP contribution in [0.1, 0.15) is 29.9 Å². The first-order valence-electron chi connectivity index (χ1n) is 13.1. The number of rotatable bonds is 9. The van der Waals surface area contributed by atoms with Crippen LogP contribution in [0.5, 0.6) is 11.5 Å². The molecule has 5 rings (SSSR count). The predicted octanol–water partition coefficient (Wildman–Crippen LogP) is 4.08. The lowest BCUT2D eigenvalue weighted by molar-refractivity contribution is -0.142. The molecule has 1 fully saturated rings. The summed E-state index contributed by atoms with van der Waals surface area (Å²) in [7, 11) is 1.59. The highest BCUT2D eigenvalue weighted by molar-refractivity contribution is 5.99. The topological polar surface area (TPSA) is 118 Å². The van der Waals surface area contributed by atoms with E-state index in [0.717, 1.165) is 17.5 Å². The third-order valence-electron chi connectivity index (χ3n) is 7.10. The van der Waals surface area contributed by atoms with Gasteiger partial charge in [-0.15, -0.1) is 0 Å². The quantitative estimate of drug-likeness (QED) is 0.331. The number of hydrogen-bond acceptors (Lipinski definition) is 6. The molecule has 0 aliphatic carbocycles. The third-order valence-corrected chi connectivity index (χ3v) is 7.10. The van der Waals surface area contributed by atoms with E-state index in [1.54, 1.807) is 37.4 Å². The molecule has 9 nitrogen and oxygen atoms in total. The lowest BCUT2D eigenvalue weighted by Gasteiger charge is -2.37. The first kappa shape index (κ1) is 26.5. The summed E-state index contributed by atoms with van der Waals surface area (Å²) in [5, 5.41) is 18.6. The fourth-order valence-corrected chi connectivity index (χ4v) is 5.20. The van der Waals surface area contributed by atoms with Gasteiger partial charge in [-0.25, -0.2) is 4.79 Å². The molecule has 204 valence electrons. The van der Waals surface area contributed by atoms with E-state index in [0.29, 0.717) is 35.8 Å². The van der Waals surface area contributed by atoms with Gasteiger partial charge in [-0.2, -0.15) is 0 Å². The molecule has 2 aliphatic rings. The maximum Gasteiger partial charge on any atom is 0.323 e. The molecule has 9 heteroatoms. The van der Waals surface area contributed by atoms with Crippen molar-refractivity contribution in [3.63, 3.8) is 0 Å². The molecule has 3 aromatic rings. The molecule has 0 aromatic heterocycles. The molecule has 3 aromatic carbocycles. The smallest absolute Gasteiger partial charge is 0.323 e. The zero-order chi connectivity index (χ0) is 27.2. The zero-order valence-corrected chi connectivity index (χ0v) is 21.8. The van der Waals surface area contributed by atoms with Crippen molar-refractivity contribution in [3.05, 3.63) is 83.9 Å². The summed E-state index contributed by atoms with van der Waals surface area (Å²) >= 11 is 0. The average Bonchev–Trinajstić information content (AvgIpc) is 3.31. The minimum absolute atomic E-state index is 0.0700. The first-order chi connectivity index (χ1) is 19.0. The molecule has 0 spiro atoms. The highest BCUT2D eigenvalue weighted by atomic mass is 16.6. The number of aliphatic hydroxyl groups excluding tert-OH is 1. The molecule has 4 atom stereocenters. The summed E-state index contributed by atoms with van der Waals surface area (Å²) in [6.45, 7) is 0.335. The SMILES string of the molecule is COc1ccc(NC(=O)Nc2ccc3c(c2)[C@@H]2C[C@@H](CC(=O)NCCc4ccccc4)O[C@H](CO)[C@@H]2O3)cc1. The second-order valence-corrected chi connectivity index (χ2v) is 9.75. The molecule has 3 amide bonds. The minimum atomic E-state index is -0.548. The Balaban J connectivity index is 1.19.